The topological polar surface area (TPSA) is 67.3 Å². The Bertz CT molecular complexity index is 845. The van der Waals surface area contributed by atoms with E-state index in [1.165, 1.54) is 6.20 Å². The molecule has 7 heteroatoms. The molecule has 1 saturated carbocycles. The van der Waals surface area contributed by atoms with E-state index < -0.39 is 9.84 Å². The minimum Gasteiger partial charge on any atom is -0.393 e. The maximum atomic E-state index is 12.6. The van der Waals surface area contributed by atoms with Gasteiger partial charge in [-0.25, -0.2) is 8.42 Å². The Morgan fingerprint density at radius 3 is 2.32 bits per heavy atom. The van der Waals surface area contributed by atoms with Gasteiger partial charge < -0.3 is 5.11 Å². The molecule has 0 aliphatic heterocycles. The molecule has 1 fully saturated rings. The SMILES string of the molecule is O=S(=O)(CC1CCC(O)CC1)c1ccc(-c2ncc(Cl)cc2Cl)cc1. The third-order valence-corrected chi connectivity index (χ3v) is 6.96. The summed E-state index contributed by atoms with van der Waals surface area (Å²) in [4.78, 5) is 4.50. The summed E-state index contributed by atoms with van der Waals surface area (Å²) in [6.07, 6.45) is 4.09. The molecule has 0 amide bonds. The number of aliphatic hydroxyl groups is 1. The predicted molar refractivity (Wildman–Crippen MR) is 99.7 cm³/mol. The Balaban J connectivity index is 1.77. The summed E-state index contributed by atoms with van der Waals surface area (Å²) in [7, 11) is -3.35. The van der Waals surface area contributed by atoms with Crippen LogP contribution in [0.3, 0.4) is 0 Å². The van der Waals surface area contributed by atoms with E-state index in [0.29, 0.717) is 33.5 Å². The Kier molecular flexibility index (Phi) is 5.68. The largest absolute Gasteiger partial charge is 0.393 e. The van der Waals surface area contributed by atoms with Crippen LogP contribution in [0.4, 0.5) is 0 Å². The number of hydrogen-bond donors (Lipinski definition) is 1. The maximum Gasteiger partial charge on any atom is 0.178 e. The number of benzene rings is 1. The summed E-state index contributed by atoms with van der Waals surface area (Å²) in [6.45, 7) is 0. The first kappa shape index (κ1) is 18.6. The van der Waals surface area contributed by atoms with Crippen molar-refractivity contribution in [3.8, 4) is 11.3 Å². The number of hydrogen-bond acceptors (Lipinski definition) is 4. The number of rotatable bonds is 4. The van der Waals surface area contributed by atoms with Crippen molar-refractivity contribution >= 4 is 33.0 Å². The lowest BCUT2D eigenvalue weighted by molar-refractivity contribution is 0.113. The molecule has 0 unspecified atom stereocenters. The Labute approximate surface area is 157 Å². The maximum absolute atomic E-state index is 12.6. The molecule has 3 rings (SSSR count). The highest BCUT2D eigenvalue weighted by Gasteiger charge is 2.25. The number of nitrogens with zero attached hydrogens (tertiary/aromatic N) is 1. The van der Waals surface area contributed by atoms with Crippen LogP contribution in [0.15, 0.2) is 41.4 Å². The van der Waals surface area contributed by atoms with Gasteiger partial charge in [0, 0.05) is 11.8 Å². The van der Waals surface area contributed by atoms with Crippen LogP contribution in [0.25, 0.3) is 11.3 Å². The van der Waals surface area contributed by atoms with Crippen molar-refractivity contribution in [2.45, 2.75) is 36.7 Å². The van der Waals surface area contributed by atoms with E-state index in [2.05, 4.69) is 4.98 Å². The van der Waals surface area contributed by atoms with Crippen molar-refractivity contribution < 1.29 is 13.5 Å². The Morgan fingerprint density at radius 2 is 1.72 bits per heavy atom. The summed E-state index contributed by atoms with van der Waals surface area (Å²) in [5.41, 5.74) is 1.30. The van der Waals surface area contributed by atoms with Gasteiger partial charge in [-0.1, -0.05) is 35.3 Å². The molecule has 1 aliphatic rings. The minimum atomic E-state index is -3.35. The van der Waals surface area contributed by atoms with E-state index >= 15 is 0 Å². The number of aromatic nitrogens is 1. The second kappa shape index (κ2) is 7.62. The average Bonchev–Trinajstić information content (AvgIpc) is 2.57. The normalized spacial score (nSPS) is 21.2. The van der Waals surface area contributed by atoms with Gasteiger partial charge in [0.25, 0.3) is 0 Å². The van der Waals surface area contributed by atoms with E-state index in [1.54, 1.807) is 30.3 Å². The van der Waals surface area contributed by atoms with E-state index in [9.17, 15) is 13.5 Å². The predicted octanol–water partition coefficient (Wildman–Crippen LogP) is 4.38. The lowest BCUT2D eigenvalue weighted by Gasteiger charge is -2.25. The quantitative estimate of drug-likeness (QED) is 0.827. The minimum absolute atomic E-state index is 0.112. The molecule has 1 N–H and O–H groups in total. The first-order chi connectivity index (χ1) is 11.8. The standard InChI is InChI=1S/C18H19Cl2NO3S/c19-14-9-17(20)18(21-10-14)13-3-7-16(8-4-13)25(23,24)11-12-1-5-15(22)6-2-12/h3-4,7-10,12,15,22H,1-2,5-6,11H2. The van der Waals surface area contributed by atoms with Crippen molar-refractivity contribution in [3.05, 3.63) is 46.6 Å². The molecule has 1 aromatic heterocycles. The van der Waals surface area contributed by atoms with Crippen molar-refractivity contribution in [2.75, 3.05) is 5.75 Å². The average molecular weight is 400 g/mol. The summed E-state index contributed by atoms with van der Waals surface area (Å²) >= 11 is 12.0. The molecular formula is C18H19Cl2NO3S. The molecule has 1 heterocycles. The van der Waals surface area contributed by atoms with Crippen molar-refractivity contribution in [1.29, 1.82) is 0 Å². The van der Waals surface area contributed by atoms with Crippen molar-refractivity contribution in [3.63, 3.8) is 0 Å². The molecule has 1 aliphatic carbocycles. The number of halogens is 2. The molecule has 1 aromatic carbocycles. The molecule has 0 bridgehead atoms. The summed E-state index contributed by atoms with van der Waals surface area (Å²) in [6, 6.07) is 8.21. The number of pyridine rings is 1. The van der Waals surface area contributed by atoms with E-state index in [1.807, 2.05) is 0 Å². The first-order valence-corrected chi connectivity index (χ1v) is 10.6. The monoisotopic (exact) mass is 399 g/mol. The zero-order valence-corrected chi connectivity index (χ0v) is 15.9. The molecule has 0 spiro atoms. The van der Waals surface area contributed by atoms with Crippen LogP contribution in [0.2, 0.25) is 10.0 Å². The Hall–Kier alpha value is -1.14. The molecule has 2 aromatic rings. The molecule has 0 radical (unpaired) electrons. The fourth-order valence-electron chi connectivity index (χ4n) is 3.17. The van der Waals surface area contributed by atoms with Crippen LogP contribution in [0.5, 0.6) is 0 Å². The van der Waals surface area contributed by atoms with Gasteiger partial charge in [-0.3, -0.25) is 4.98 Å². The molecule has 0 saturated heterocycles. The fourth-order valence-corrected chi connectivity index (χ4v) is 5.35. The summed E-state index contributed by atoms with van der Waals surface area (Å²) < 4.78 is 25.2. The van der Waals surface area contributed by atoms with Gasteiger partial charge in [0.2, 0.25) is 0 Å². The Morgan fingerprint density at radius 1 is 1.08 bits per heavy atom. The second-order valence-electron chi connectivity index (χ2n) is 6.46. The zero-order valence-electron chi connectivity index (χ0n) is 13.5. The van der Waals surface area contributed by atoms with Gasteiger partial charge in [0.1, 0.15) is 0 Å². The fraction of sp³-hybridized carbons (Fsp3) is 0.389. The molecule has 0 atom stereocenters. The molecule has 134 valence electrons. The van der Waals surface area contributed by atoms with Gasteiger partial charge in [-0.15, -0.1) is 0 Å². The third kappa shape index (κ3) is 4.53. The first-order valence-electron chi connectivity index (χ1n) is 8.17. The number of sulfone groups is 1. The van der Waals surface area contributed by atoms with Gasteiger partial charge in [0.05, 0.1) is 32.5 Å². The van der Waals surface area contributed by atoms with Crippen LogP contribution in [0.1, 0.15) is 25.7 Å². The highest BCUT2D eigenvalue weighted by atomic mass is 35.5. The van der Waals surface area contributed by atoms with Crippen LogP contribution >= 0.6 is 23.2 Å². The zero-order chi connectivity index (χ0) is 18.0. The van der Waals surface area contributed by atoms with Gasteiger partial charge in [-0.05, 0) is 49.8 Å². The van der Waals surface area contributed by atoms with E-state index in [0.717, 1.165) is 18.4 Å². The van der Waals surface area contributed by atoms with Crippen molar-refractivity contribution in [2.24, 2.45) is 5.92 Å². The van der Waals surface area contributed by atoms with Gasteiger partial charge in [-0.2, -0.15) is 0 Å². The van der Waals surface area contributed by atoms with Crippen LogP contribution in [-0.2, 0) is 9.84 Å². The summed E-state index contributed by atoms with van der Waals surface area (Å²) in [5, 5.41) is 10.4. The second-order valence-corrected chi connectivity index (χ2v) is 9.34. The highest BCUT2D eigenvalue weighted by molar-refractivity contribution is 7.91. The van der Waals surface area contributed by atoms with Crippen LogP contribution < -0.4 is 0 Å². The smallest absolute Gasteiger partial charge is 0.178 e. The number of aliphatic hydroxyl groups excluding tert-OH is 1. The van der Waals surface area contributed by atoms with Gasteiger partial charge in [0.15, 0.2) is 9.84 Å². The molecule has 25 heavy (non-hydrogen) atoms. The van der Waals surface area contributed by atoms with E-state index in [-0.39, 0.29) is 17.8 Å². The van der Waals surface area contributed by atoms with E-state index in [4.69, 9.17) is 23.2 Å². The summed E-state index contributed by atoms with van der Waals surface area (Å²) in [5.74, 6) is 0.236. The van der Waals surface area contributed by atoms with Crippen molar-refractivity contribution in [1.82, 2.24) is 4.98 Å². The molecule has 4 nitrogen and oxygen atoms in total. The van der Waals surface area contributed by atoms with Crippen LogP contribution in [0, 0.1) is 5.92 Å². The molecular weight excluding hydrogens is 381 g/mol. The third-order valence-electron chi connectivity index (χ3n) is 4.57. The highest BCUT2D eigenvalue weighted by Crippen LogP contribution is 2.30. The lowest BCUT2D eigenvalue weighted by Crippen LogP contribution is -2.24. The van der Waals surface area contributed by atoms with Gasteiger partial charge >= 0.3 is 0 Å². The van der Waals surface area contributed by atoms with Crippen LogP contribution in [-0.4, -0.2) is 30.4 Å². The lowest BCUT2D eigenvalue weighted by atomic mass is 9.89.